The lowest BCUT2D eigenvalue weighted by atomic mass is 9.86. The molecule has 0 N–H and O–H groups in total. The van der Waals surface area contributed by atoms with E-state index in [-0.39, 0.29) is 5.41 Å². The summed E-state index contributed by atoms with van der Waals surface area (Å²) in [4.78, 5) is 4.96. The van der Waals surface area contributed by atoms with Crippen LogP contribution in [0.2, 0.25) is 0 Å². The molecule has 3 rings (SSSR count). The van der Waals surface area contributed by atoms with Crippen molar-refractivity contribution in [2.75, 3.05) is 38.1 Å². The highest BCUT2D eigenvalue weighted by Gasteiger charge is 2.21. The fraction of sp³-hybridized carbons (Fsp3) is 0.556. The molecule has 0 aliphatic carbocycles. The second-order valence-corrected chi connectivity index (χ2v) is 7.40. The first-order valence-corrected chi connectivity index (χ1v) is 7.89. The van der Waals surface area contributed by atoms with Gasteiger partial charge in [-0.25, -0.2) is 0 Å². The van der Waals surface area contributed by atoms with Crippen LogP contribution in [0.25, 0.3) is 10.9 Å². The first-order valence-electron chi connectivity index (χ1n) is 7.89. The van der Waals surface area contributed by atoms with Crippen LogP contribution in [0.5, 0.6) is 0 Å². The molecule has 1 fully saturated rings. The average Bonchev–Trinajstić information content (AvgIpc) is 2.80. The van der Waals surface area contributed by atoms with Gasteiger partial charge in [0.2, 0.25) is 0 Å². The SMILES string of the molecule is CN1CCN(c2cc(C(C)(C)C)cc3c2ccn3C)CC1. The number of anilines is 1. The third-order valence-electron chi connectivity index (χ3n) is 4.69. The summed E-state index contributed by atoms with van der Waals surface area (Å²) >= 11 is 0. The van der Waals surface area contributed by atoms with Crippen molar-refractivity contribution >= 4 is 16.6 Å². The number of hydrogen-bond donors (Lipinski definition) is 0. The van der Waals surface area contributed by atoms with Crippen molar-refractivity contribution in [2.24, 2.45) is 7.05 Å². The third kappa shape index (κ3) is 2.67. The van der Waals surface area contributed by atoms with Crippen LogP contribution in [0.4, 0.5) is 5.69 Å². The number of aryl methyl sites for hydroxylation is 1. The number of benzene rings is 1. The van der Waals surface area contributed by atoms with Crippen LogP contribution in [0, 0.1) is 0 Å². The normalized spacial score (nSPS) is 17.7. The van der Waals surface area contributed by atoms with Crippen LogP contribution < -0.4 is 4.90 Å². The number of hydrogen-bond acceptors (Lipinski definition) is 2. The van der Waals surface area contributed by atoms with Gasteiger partial charge in [-0.15, -0.1) is 0 Å². The van der Waals surface area contributed by atoms with Gasteiger partial charge in [-0.3, -0.25) is 0 Å². The van der Waals surface area contributed by atoms with Crippen LogP contribution in [-0.2, 0) is 12.5 Å². The van der Waals surface area contributed by atoms with E-state index >= 15 is 0 Å². The van der Waals surface area contributed by atoms with Crippen molar-refractivity contribution in [3.8, 4) is 0 Å². The summed E-state index contributed by atoms with van der Waals surface area (Å²) in [6.07, 6.45) is 2.18. The Morgan fingerprint density at radius 2 is 1.62 bits per heavy atom. The van der Waals surface area contributed by atoms with E-state index in [0.717, 1.165) is 26.2 Å². The lowest BCUT2D eigenvalue weighted by molar-refractivity contribution is 0.313. The number of likely N-dealkylation sites (N-methyl/N-ethyl adjacent to an activating group) is 1. The molecule has 1 aliphatic rings. The largest absolute Gasteiger partial charge is 0.368 e. The van der Waals surface area contributed by atoms with Crippen LogP contribution >= 0.6 is 0 Å². The summed E-state index contributed by atoms with van der Waals surface area (Å²) < 4.78 is 2.24. The molecular formula is C18H27N3. The highest BCUT2D eigenvalue weighted by Crippen LogP contribution is 2.34. The Bertz CT molecular complexity index is 640. The maximum absolute atomic E-state index is 2.55. The Labute approximate surface area is 128 Å². The van der Waals surface area contributed by atoms with Crippen LogP contribution in [-0.4, -0.2) is 42.7 Å². The molecule has 2 heterocycles. The van der Waals surface area contributed by atoms with E-state index in [0.29, 0.717) is 0 Å². The zero-order chi connectivity index (χ0) is 15.2. The van der Waals surface area contributed by atoms with E-state index in [2.05, 4.69) is 73.6 Å². The fourth-order valence-corrected chi connectivity index (χ4v) is 3.09. The highest BCUT2D eigenvalue weighted by molar-refractivity contribution is 5.94. The molecule has 114 valence electrons. The van der Waals surface area contributed by atoms with Crippen molar-refractivity contribution in [2.45, 2.75) is 26.2 Å². The summed E-state index contributed by atoms with van der Waals surface area (Å²) in [7, 11) is 4.35. The Balaban J connectivity index is 2.11. The average molecular weight is 285 g/mol. The molecule has 0 bridgehead atoms. The molecular weight excluding hydrogens is 258 g/mol. The molecule has 0 amide bonds. The molecule has 0 unspecified atom stereocenters. The van der Waals surface area contributed by atoms with Crippen molar-refractivity contribution in [3.05, 3.63) is 30.0 Å². The zero-order valence-electron chi connectivity index (χ0n) is 14.0. The minimum absolute atomic E-state index is 0.180. The van der Waals surface area contributed by atoms with Crippen LogP contribution in [0.15, 0.2) is 24.4 Å². The summed E-state index contributed by atoms with van der Waals surface area (Å²) in [5.74, 6) is 0. The number of aromatic nitrogens is 1. The van der Waals surface area contributed by atoms with Gasteiger partial charge in [0.05, 0.1) is 5.52 Å². The van der Waals surface area contributed by atoms with Gasteiger partial charge in [-0.2, -0.15) is 0 Å². The molecule has 0 atom stereocenters. The van der Waals surface area contributed by atoms with E-state index in [4.69, 9.17) is 0 Å². The predicted octanol–water partition coefficient (Wildman–Crippen LogP) is 3.23. The molecule has 21 heavy (non-hydrogen) atoms. The number of fused-ring (bicyclic) bond motifs is 1. The summed E-state index contributed by atoms with van der Waals surface area (Å²) in [5.41, 5.74) is 4.35. The van der Waals surface area contributed by atoms with E-state index in [9.17, 15) is 0 Å². The molecule has 1 aromatic heterocycles. The molecule has 0 saturated carbocycles. The van der Waals surface area contributed by atoms with Gasteiger partial charge < -0.3 is 14.4 Å². The van der Waals surface area contributed by atoms with Crippen molar-refractivity contribution in [1.82, 2.24) is 9.47 Å². The third-order valence-corrected chi connectivity index (χ3v) is 4.69. The molecule has 2 aromatic rings. The summed E-state index contributed by atoms with van der Waals surface area (Å²) in [5, 5.41) is 1.38. The molecule has 1 saturated heterocycles. The van der Waals surface area contributed by atoms with Crippen molar-refractivity contribution in [1.29, 1.82) is 0 Å². The molecule has 0 radical (unpaired) electrons. The first-order chi connectivity index (χ1) is 9.86. The smallest absolute Gasteiger partial charge is 0.0501 e. The minimum atomic E-state index is 0.180. The second-order valence-electron chi connectivity index (χ2n) is 7.40. The van der Waals surface area contributed by atoms with Gasteiger partial charge in [-0.1, -0.05) is 20.8 Å². The van der Waals surface area contributed by atoms with Crippen molar-refractivity contribution < 1.29 is 0 Å². The van der Waals surface area contributed by atoms with Gasteiger partial charge in [0, 0.05) is 50.5 Å². The fourth-order valence-electron chi connectivity index (χ4n) is 3.09. The molecule has 1 aliphatic heterocycles. The van der Waals surface area contributed by atoms with E-state index in [1.165, 1.54) is 22.2 Å². The first kappa shape index (κ1) is 14.5. The predicted molar refractivity (Wildman–Crippen MR) is 91.3 cm³/mol. The molecule has 3 nitrogen and oxygen atoms in total. The number of rotatable bonds is 1. The van der Waals surface area contributed by atoms with E-state index in [1.54, 1.807) is 0 Å². The summed E-state index contributed by atoms with van der Waals surface area (Å²) in [6, 6.07) is 7.03. The maximum atomic E-state index is 2.55. The highest BCUT2D eigenvalue weighted by atomic mass is 15.2. The molecule has 3 heteroatoms. The van der Waals surface area contributed by atoms with Gasteiger partial charge in [0.25, 0.3) is 0 Å². The Kier molecular flexibility index (Phi) is 3.48. The van der Waals surface area contributed by atoms with Crippen molar-refractivity contribution in [3.63, 3.8) is 0 Å². The standard InChI is InChI=1S/C18H27N3/c1-18(2,3)14-12-16-15(6-7-20(16)5)17(13-14)21-10-8-19(4)9-11-21/h6-7,12-13H,8-11H2,1-5H3. The monoisotopic (exact) mass is 285 g/mol. The minimum Gasteiger partial charge on any atom is -0.368 e. The van der Waals surface area contributed by atoms with E-state index < -0.39 is 0 Å². The second kappa shape index (κ2) is 5.06. The topological polar surface area (TPSA) is 11.4 Å². The quantitative estimate of drug-likeness (QED) is 0.797. The van der Waals surface area contributed by atoms with Gasteiger partial charge in [0.15, 0.2) is 0 Å². The van der Waals surface area contributed by atoms with Gasteiger partial charge >= 0.3 is 0 Å². The van der Waals surface area contributed by atoms with Crippen LogP contribution in [0.3, 0.4) is 0 Å². The number of piperazine rings is 1. The lowest BCUT2D eigenvalue weighted by Gasteiger charge is -2.35. The lowest BCUT2D eigenvalue weighted by Crippen LogP contribution is -2.44. The van der Waals surface area contributed by atoms with Gasteiger partial charge in [-0.05, 0) is 36.2 Å². The van der Waals surface area contributed by atoms with Crippen LogP contribution in [0.1, 0.15) is 26.3 Å². The summed E-state index contributed by atoms with van der Waals surface area (Å²) in [6.45, 7) is 11.4. The Morgan fingerprint density at radius 3 is 2.24 bits per heavy atom. The van der Waals surface area contributed by atoms with E-state index in [1.807, 2.05) is 0 Å². The molecule has 0 spiro atoms. The number of nitrogens with zero attached hydrogens (tertiary/aromatic N) is 3. The maximum Gasteiger partial charge on any atom is 0.0501 e. The Morgan fingerprint density at radius 1 is 0.952 bits per heavy atom. The van der Waals surface area contributed by atoms with Gasteiger partial charge in [0.1, 0.15) is 0 Å². The zero-order valence-corrected chi connectivity index (χ0v) is 14.0. The molecule has 1 aromatic carbocycles. The Hall–Kier alpha value is -1.48.